The van der Waals surface area contributed by atoms with Gasteiger partial charge in [-0.05, 0) is 57.7 Å². The van der Waals surface area contributed by atoms with Gasteiger partial charge in [-0.2, -0.15) is 0 Å². The van der Waals surface area contributed by atoms with Crippen LogP contribution in [0.15, 0.2) is 18.2 Å². The SMILES string of the molecule is C#Cc1ccc(OCC2CCC2)c(C(=O)OC(C)(C)C)c1. The van der Waals surface area contributed by atoms with Crippen LogP contribution in [-0.2, 0) is 4.74 Å². The van der Waals surface area contributed by atoms with Crippen molar-refractivity contribution in [2.45, 2.75) is 45.6 Å². The number of hydrogen-bond donors (Lipinski definition) is 0. The van der Waals surface area contributed by atoms with E-state index >= 15 is 0 Å². The molecule has 1 aromatic rings. The van der Waals surface area contributed by atoms with Gasteiger partial charge in [-0.1, -0.05) is 12.3 Å². The average molecular weight is 286 g/mol. The Morgan fingerprint density at radius 3 is 2.62 bits per heavy atom. The lowest BCUT2D eigenvalue weighted by atomic mass is 9.86. The number of terminal acetylenes is 1. The summed E-state index contributed by atoms with van der Waals surface area (Å²) in [5.74, 6) is 3.29. The summed E-state index contributed by atoms with van der Waals surface area (Å²) < 4.78 is 11.2. The molecule has 3 nitrogen and oxygen atoms in total. The second-order valence-electron chi connectivity index (χ2n) is 6.47. The van der Waals surface area contributed by atoms with E-state index < -0.39 is 11.6 Å². The van der Waals surface area contributed by atoms with Crippen molar-refractivity contribution in [2.24, 2.45) is 5.92 Å². The van der Waals surface area contributed by atoms with Gasteiger partial charge in [0.2, 0.25) is 0 Å². The van der Waals surface area contributed by atoms with E-state index in [1.54, 1.807) is 18.2 Å². The molecule has 0 unspecified atom stereocenters. The molecule has 1 aliphatic rings. The third kappa shape index (κ3) is 4.26. The van der Waals surface area contributed by atoms with Crippen molar-refractivity contribution in [2.75, 3.05) is 6.61 Å². The highest BCUT2D eigenvalue weighted by atomic mass is 16.6. The molecular formula is C18H22O3. The Morgan fingerprint density at radius 1 is 1.38 bits per heavy atom. The van der Waals surface area contributed by atoms with E-state index in [0.717, 1.165) is 0 Å². The molecule has 0 aromatic heterocycles. The van der Waals surface area contributed by atoms with E-state index in [2.05, 4.69) is 5.92 Å². The second kappa shape index (κ2) is 6.22. The molecule has 3 heteroatoms. The molecule has 0 N–H and O–H groups in total. The van der Waals surface area contributed by atoms with Gasteiger partial charge in [0.15, 0.2) is 0 Å². The van der Waals surface area contributed by atoms with Crippen LogP contribution in [0, 0.1) is 18.3 Å². The number of benzene rings is 1. The summed E-state index contributed by atoms with van der Waals surface area (Å²) in [6, 6.07) is 5.20. The number of carbonyl (C=O) groups is 1. The topological polar surface area (TPSA) is 35.5 Å². The fourth-order valence-electron chi connectivity index (χ4n) is 2.11. The summed E-state index contributed by atoms with van der Waals surface area (Å²) in [7, 11) is 0. The van der Waals surface area contributed by atoms with E-state index in [1.807, 2.05) is 20.8 Å². The zero-order valence-corrected chi connectivity index (χ0v) is 12.9. The zero-order chi connectivity index (χ0) is 15.5. The van der Waals surface area contributed by atoms with Crippen molar-refractivity contribution in [3.63, 3.8) is 0 Å². The lowest BCUT2D eigenvalue weighted by Gasteiger charge is -2.26. The Labute approximate surface area is 126 Å². The number of hydrogen-bond acceptors (Lipinski definition) is 3. The summed E-state index contributed by atoms with van der Waals surface area (Å²) in [5.41, 5.74) is 0.501. The Balaban J connectivity index is 2.18. The minimum atomic E-state index is -0.547. The molecule has 21 heavy (non-hydrogen) atoms. The summed E-state index contributed by atoms with van der Waals surface area (Å²) in [5, 5.41) is 0. The molecule has 0 heterocycles. The van der Waals surface area contributed by atoms with Gasteiger partial charge in [-0.15, -0.1) is 6.42 Å². The number of ether oxygens (including phenoxy) is 2. The maximum Gasteiger partial charge on any atom is 0.342 e. The van der Waals surface area contributed by atoms with Gasteiger partial charge in [-0.3, -0.25) is 0 Å². The Bertz CT molecular complexity index is 557. The van der Waals surface area contributed by atoms with Gasteiger partial charge in [0.25, 0.3) is 0 Å². The standard InChI is InChI=1S/C18H22O3/c1-5-13-9-10-16(20-12-14-7-6-8-14)15(11-13)17(19)21-18(2,3)4/h1,9-11,14H,6-8,12H2,2-4H3. The van der Waals surface area contributed by atoms with Crippen molar-refractivity contribution in [1.29, 1.82) is 0 Å². The van der Waals surface area contributed by atoms with Crippen molar-refractivity contribution >= 4 is 5.97 Å². The smallest absolute Gasteiger partial charge is 0.342 e. The Hall–Kier alpha value is -1.95. The molecule has 0 saturated heterocycles. The van der Waals surface area contributed by atoms with Gasteiger partial charge in [0.1, 0.15) is 16.9 Å². The fourth-order valence-corrected chi connectivity index (χ4v) is 2.11. The maximum atomic E-state index is 12.3. The molecule has 0 amide bonds. The summed E-state index contributed by atoms with van der Waals surface area (Å²) in [6.45, 7) is 6.16. The third-order valence-electron chi connectivity index (χ3n) is 3.46. The first-order valence-corrected chi connectivity index (χ1v) is 7.36. The molecule has 0 radical (unpaired) electrons. The van der Waals surface area contributed by atoms with Crippen LogP contribution in [-0.4, -0.2) is 18.2 Å². The van der Waals surface area contributed by atoms with Crippen LogP contribution in [0.1, 0.15) is 56.0 Å². The first-order chi connectivity index (χ1) is 9.89. The Kier molecular flexibility index (Phi) is 4.57. The zero-order valence-electron chi connectivity index (χ0n) is 12.9. The van der Waals surface area contributed by atoms with Gasteiger partial charge in [-0.25, -0.2) is 4.79 Å². The molecule has 0 bridgehead atoms. The van der Waals surface area contributed by atoms with Gasteiger partial charge < -0.3 is 9.47 Å². The monoisotopic (exact) mass is 286 g/mol. The molecular weight excluding hydrogens is 264 g/mol. The van der Waals surface area contributed by atoms with E-state index in [-0.39, 0.29) is 0 Å². The minimum absolute atomic E-state index is 0.400. The number of rotatable bonds is 4. The average Bonchev–Trinajstić information content (AvgIpc) is 2.35. The highest BCUT2D eigenvalue weighted by molar-refractivity contribution is 5.93. The fraction of sp³-hybridized carbons (Fsp3) is 0.500. The molecule has 1 aromatic carbocycles. The van der Waals surface area contributed by atoms with Crippen LogP contribution in [0.4, 0.5) is 0 Å². The lowest BCUT2D eigenvalue weighted by molar-refractivity contribution is 0.00646. The molecule has 1 saturated carbocycles. The van der Waals surface area contributed by atoms with Crippen LogP contribution in [0.3, 0.4) is 0 Å². The van der Waals surface area contributed by atoms with Crippen molar-refractivity contribution in [1.82, 2.24) is 0 Å². The number of carbonyl (C=O) groups excluding carboxylic acids is 1. The Morgan fingerprint density at radius 2 is 2.10 bits per heavy atom. The van der Waals surface area contributed by atoms with E-state index in [0.29, 0.717) is 29.4 Å². The van der Waals surface area contributed by atoms with E-state index in [9.17, 15) is 4.79 Å². The first kappa shape index (κ1) is 15.4. The van der Waals surface area contributed by atoms with Gasteiger partial charge in [0.05, 0.1) is 6.61 Å². The number of esters is 1. The van der Waals surface area contributed by atoms with Gasteiger partial charge in [0, 0.05) is 5.56 Å². The normalized spacial score (nSPS) is 15.0. The van der Waals surface area contributed by atoms with Crippen molar-refractivity contribution < 1.29 is 14.3 Å². The van der Waals surface area contributed by atoms with Crippen molar-refractivity contribution in [3.05, 3.63) is 29.3 Å². The van der Waals surface area contributed by atoms with E-state index in [4.69, 9.17) is 15.9 Å². The first-order valence-electron chi connectivity index (χ1n) is 7.36. The van der Waals surface area contributed by atoms with Crippen molar-refractivity contribution in [3.8, 4) is 18.1 Å². The van der Waals surface area contributed by atoms with Crippen LogP contribution in [0.25, 0.3) is 0 Å². The lowest BCUT2D eigenvalue weighted by Crippen LogP contribution is -2.25. The van der Waals surface area contributed by atoms with Crippen LogP contribution < -0.4 is 4.74 Å². The molecule has 1 aliphatic carbocycles. The second-order valence-corrected chi connectivity index (χ2v) is 6.47. The molecule has 0 spiro atoms. The van der Waals surface area contributed by atoms with Crippen LogP contribution in [0.5, 0.6) is 5.75 Å². The predicted octanol–water partition coefficient (Wildman–Crippen LogP) is 3.80. The van der Waals surface area contributed by atoms with Crippen LogP contribution in [0.2, 0.25) is 0 Å². The largest absolute Gasteiger partial charge is 0.492 e. The minimum Gasteiger partial charge on any atom is -0.492 e. The molecule has 2 rings (SSSR count). The van der Waals surface area contributed by atoms with Crippen LogP contribution >= 0.6 is 0 Å². The summed E-state index contributed by atoms with van der Waals surface area (Å²) >= 11 is 0. The predicted molar refractivity (Wildman–Crippen MR) is 82.4 cm³/mol. The molecule has 1 fully saturated rings. The molecule has 0 aliphatic heterocycles. The van der Waals surface area contributed by atoms with Gasteiger partial charge >= 0.3 is 5.97 Å². The maximum absolute atomic E-state index is 12.3. The summed E-state index contributed by atoms with van der Waals surface area (Å²) in [4.78, 5) is 12.3. The molecule has 0 atom stereocenters. The highest BCUT2D eigenvalue weighted by Gasteiger charge is 2.23. The van der Waals surface area contributed by atoms with E-state index in [1.165, 1.54) is 19.3 Å². The summed E-state index contributed by atoms with van der Waals surface area (Å²) in [6.07, 6.45) is 9.07. The third-order valence-corrected chi connectivity index (χ3v) is 3.46. The highest BCUT2D eigenvalue weighted by Crippen LogP contribution is 2.29. The molecule has 112 valence electrons. The quantitative estimate of drug-likeness (QED) is 0.624.